The molecule has 1 atom stereocenters. The molecule has 0 saturated heterocycles. The highest BCUT2D eigenvalue weighted by Gasteiger charge is 2.23. The van der Waals surface area contributed by atoms with E-state index in [2.05, 4.69) is 10.0 Å². The molecule has 0 spiro atoms. The van der Waals surface area contributed by atoms with E-state index >= 15 is 0 Å². The quantitative estimate of drug-likeness (QED) is 0.569. The average Bonchev–Trinajstić information content (AvgIpc) is 2.72. The molecule has 0 radical (unpaired) electrons. The SMILES string of the molecule is CCOc1ccc(S(=O)(=O)N[C@H](C)C(=O)NCc2ccc(OC)c(OC)c2)cc1Cl. The van der Waals surface area contributed by atoms with Gasteiger partial charge in [0.15, 0.2) is 11.5 Å². The first-order valence-corrected chi connectivity index (χ1v) is 11.0. The van der Waals surface area contributed by atoms with Crippen LogP contribution in [0.3, 0.4) is 0 Å². The maximum absolute atomic E-state index is 12.6. The molecular weight excluding hydrogens is 432 g/mol. The van der Waals surface area contributed by atoms with Gasteiger partial charge >= 0.3 is 0 Å². The summed E-state index contributed by atoms with van der Waals surface area (Å²) in [6, 6.07) is 8.36. The van der Waals surface area contributed by atoms with Crippen molar-refractivity contribution in [2.75, 3.05) is 20.8 Å². The van der Waals surface area contributed by atoms with Crippen LogP contribution in [-0.2, 0) is 21.4 Å². The maximum Gasteiger partial charge on any atom is 0.241 e. The van der Waals surface area contributed by atoms with Gasteiger partial charge in [-0.25, -0.2) is 8.42 Å². The summed E-state index contributed by atoms with van der Waals surface area (Å²) in [5.41, 5.74) is 0.773. The van der Waals surface area contributed by atoms with Crippen molar-refractivity contribution < 1.29 is 27.4 Å². The third kappa shape index (κ3) is 6.01. The molecule has 8 nitrogen and oxygen atoms in total. The topological polar surface area (TPSA) is 103 Å². The van der Waals surface area contributed by atoms with Crippen LogP contribution in [0.5, 0.6) is 17.2 Å². The summed E-state index contributed by atoms with van der Waals surface area (Å²) < 4.78 is 43.2. The second-order valence-corrected chi connectivity index (χ2v) is 8.40. The average molecular weight is 457 g/mol. The van der Waals surface area contributed by atoms with Gasteiger partial charge in [0.2, 0.25) is 15.9 Å². The maximum atomic E-state index is 12.6. The molecule has 0 bridgehead atoms. The molecule has 0 fully saturated rings. The van der Waals surface area contributed by atoms with E-state index in [0.29, 0.717) is 23.9 Å². The molecule has 2 aromatic carbocycles. The first kappa shape index (κ1) is 23.8. The van der Waals surface area contributed by atoms with E-state index in [1.807, 2.05) is 0 Å². The number of halogens is 1. The lowest BCUT2D eigenvalue weighted by atomic mass is 10.2. The second kappa shape index (κ2) is 10.5. The molecule has 164 valence electrons. The standard InChI is InChI=1S/C20H25ClN2O6S/c1-5-29-17-9-7-15(11-16(17)21)30(25,26)23-13(2)20(24)22-12-14-6-8-18(27-3)19(10-14)28-4/h6-11,13,23H,5,12H2,1-4H3,(H,22,24)/t13-/m1/s1. The first-order chi connectivity index (χ1) is 14.2. The van der Waals surface area contributed by atoms with Gasteiger partial charge in [-0.2, -0.15) is 4.72 Å². The summed E-state index contributed by atoms with van der Waals surface area (Å²) in [4.78, 5) is 12.3. The van der Waals surface area contributed by atoms with Crippen molar-refractivity contribution in [2.24, 2.45) is 0 Å². The molecule has 0 aliphatic heterocycles. The zero-order chi connectivity index (χ0) is 22.3. The van der Waals surface area contributed by atoms with Crippen LogP contribution in [0.4, 0.5) is 0 Å². The number of carbonyl (C=O) groups is 1. The van der Waals surface area contributed by atoms with Crippen LogP contribution >= 0.6 is 11.6 Å². The molecule has 0 saturated carbocycles. The normalized spacial score (nSPS) is 12.2. The number of hydrogen-bond acceptors (Lipinski definition) is 6. The van der Waals surface area contributed by atoms with Crippen molar-refractivity contribution in [1.29, 1.82) is 0 Å². The van der Waals surface area contributed by atoms with E-state index < -0.39 is 22.0 Å². The summed E-state index contributed by atoms with van der Waals surface area (Å²) in [5, 5.41) is 2.86. The molecule has 2 aromatic rings. The molecule has 30 heavy (non-hydrogen) atoms. The van der Waals surface area contributed by atoms with E-state index in [1.54, 1.807) is 25.1 Å². The number of nitrogens with one attached hydrogen (secondary N) is 2. The van der Waals surface area contributed by atoms with E-state index in [0.717, 1.165) is 5.56 Å². The summed E-state index contributed by atoms with van der Waals surface area (Å²) >= 11 is 6.06. The van der Waals surface area contributed by atoms with Crippen LogP contribution in [0, 0.1) is 0 Å². The number of ether oxygens (including phenoxy) is 3. The molecular formula is C20H25ClN2O6S. The first-order valence-electron chi connectivity index (χ1n) is 9.15. The highest BCUT2D eigenvalue weighted by Crippen LogP contribution is 2.28. The smallest absolute Gasteiger partial charge is 0.241 e. The number of hydrogen-bond donors (Lipinski definition) is 2. The van der Waals surface area contributed by atoms with Gasteiger partial charge in [0.1, 0.15) is 5.75 Å². The molecule has 10 heteroatoms. The van der Waals surface area contributed by atoms with E-state index in [1.165, 1.54) is 39.3 Å². The highest BCUT2D eigenvalue weighted by atomic mass is 35.5. The van der Waals surface area contributed by atoms with Gasteiger partial charge in [0, 0.05) is 6.54 Å². The Kier molecular flexibility index (Phi) is 8.33. The van der Waals surface area contributed by atoms with Crippen LogP contribution in [0.15, 0.2) is 41.3 Å². The summed E-state index contributed by atoms with van der Waals surface area (Å²) in [6.07, 6.45) is 0. The number of carbonyl (C=O) groups excluding carboxylic acids is 1. The van der Waals surface area contributed by atoms with Crippen molar-refractivity contribution >= 4 is 27.5 Å². The van der Waals surface area contributed by atoms with Crippen molar-refractivity contribution in [1.82, 2.24) is 10.0 Å². The molecule has 1 amide bonds. The minimum absolute atomic E-state index is 0.0597. The fraction of sp³-hybridized carbons (Fsp3) is 0.350. The Morgan fingerprint density at radius 3 is 2.33 bits per heavy atom. The molecule has 0 aliphatic carbocycles. The van der Waals surface area contributed by atoms with Crippen molar-refractivity contribution in [2.45, 2.75) is 31.3 Å². The molecule has 0 unspecified atom stereocenters. The fourth-order valence-electron chi connectivity index (χ4n) is 2.61. The lowest BCUT2D eigenvalue weighted by molar-refractivity contribution is -0.122. The van der Waals surface area contributed by atoms with Gasteiger partial charge in [0.05, 0.1) is 36.8 Å². The largest absolute Gasteiger partial charge is 0.493 e. The Balaban J connectivity index is 2.02. The molecule has 2 N–H and O–H groups in total. The minimum atomic E-state index is -3.95. The van der Waals surface area contributed by atoms with Crippen LogP contribution in [0.2, 0.25) is 5.02 Å². The van der Waals surface area contributed by atoms with Gasteiger partial charge in [-0.05, 0) is 49.7 Å². The number of benzene rings is 2. The Morgan fingerprint density at radius 1 is 1.07 bits per heavy atom. The van der Waals surface area contributed by atoms with Crippen LogP contribution < -0.4 is 24.2 Å². The Hall–Kier alpha value is -2.49. The Labute approximate surface area is 181 Å². The lowest BCUT2D eigenvalue weighted by Crippen LogP contribution is -2.44. The summed E-state index contributed by atoms with van der Waals surface area (Å²) in [5.74, 6) is 1.01. The van der Waals surface area contributed by atoms with Gasteiger partial charge in [-0.1, -0.05) is 17.7 Å². The van der Waals surface area contributed by atoms with Crippen LogP contribution in [0.25, 0.3) is 0 Å². The Morgan fingerprint density at radius 2 is 1.73 bits per heavy atom. The van der Waals surface area contributed by atoms with Crippen LogP contribution in [-0.4, -0.2) is 41.2 Å². The van der Waals surface area contributed by atoms with Crippen LogP contribution in [0.1, 0.15) is 19.4 Å². The van der Waals surface area contributed by atoms with Gasteiger partial charge < -0.3 is 19.5 Å². The monoisotopic (exact) mass is 456 g/mol. The minimum Gasteiger partial charge on any atom is -0.493 e. The fourth-order valence-corrected chi connectivity index (χ4v) is 4.14. The zero-order valence-electron chi connectivity index (χ0n) is 17.2. The summed E-state index contributed by atoms with van der Waals surface area (Å²) in [7, 11) is -0.898. The van der Waals surface area contributed by atoms with Gasteiger partial charge in [-0.3, -0.25) is 4.79 Å². The second-order valence-electron chi connectivity index (χ2n) is 6.28. The third-order valence-corrected chi connectivity index (χ3v) is 5.99. The van der Waals surface area contributed by atoms with Crippen molar-refractivity contribution in [3.63, 3.8) is 0 Å². The molecule has 2 rings (SSSR count). The number of sulfonamides is 1. The zero-order valence-corrected chi connectivity index (χ0v) is 18.8. The highest BCUT2D eigenvalue weighted by molar-refractivity contribution is 7.89. The number of rotatable bonds is 10. The molecule has 0 heterocycles. The molecule has 0 aliphatic rings. The van der Waals surface area contributed by atoms with Gasteiger partial charge in [-0.15, -0.1) is 0 Å². The Bertz CT molecular complexity index is 997. The number of methoxy groups -OCH3 is 2. The van der Waals surface area contributed by atoms with E-state index in [9.17, 15) is 13.2 Å². The van der Waals surface area contributed by atoms with E-state index in [-0.39, 0.29) is 16.5 Å². The summed E-state index contributed by atoms with van der Waals surface area (Å²) in [6.45, 7) is 3.85. The van der Waals surface area contributed by atoms with Gasteiger partial charge in [0.25, 0.3) is 0 Å². The predicted molar refractivity (Wildman–Crippen MR) is 114 cm³/mol. The lowest BCUT2D eigenvalue weighted by Gasteiger charge is -2.16. The van der Waals surface area contributed by atoms with Crippen molar-refractivity contribution in [3.05, 3.63) is 47.0 Å². The molecule has 0 aromatic heterocycles. The third-order valence-electron chi connectivity index (χ3n) is 4.15. The van der Waals surface area contributed by atoms with E-state index in [4.69, 9.17) is 25.8 Å². The number of amides is 1. The van der Waals surface area contributed by atoms with Crippen molar-refractivity contribution in [3.8, 4) is 17.2 Å². The predicted octanol–water partition coefficient (Wildman–Crippen LogP) is 2.74.